The third-order valence-corrected chi connectivity index (χ3v) is 3.24. The van der Waals surface area contributed by atoms with Crippen LogP contribution < -0.4 is 5.32 Å². The predicted molar refractivity (Wildman–Crippen MR) is 81.0 cm³/mol. The molecule has 0 aliphatic carbocycles. The summed E-state index contributed by atoms with van der Waals surface area (Å²) in [6, 6.07) is 10.9. The van der Waals surface area contributed by atoms with Crippen molar-refractivity contribution in [3.63, 3.8) is 0 Å². The Morgan fingerprint density at radius 1 is 1.32 bits per heavy atom. The molecular weight excluding hydrogens is 280 g/mol. The zero-order chi connectivity index (χ0) is 15.4. The standard InChI is InChI=1S/C16H16N4O2/c1-2-20-14(10-13(19-20)15-7-5-9-22-15)16(21)18-11-12-6-3-4-8-17-12/h3-10H,2,11H2,1H3,(H,18,21). The van der Waals surface area contributed by atoms with Crippen molar-refractivity contribution in [1.29, 1.82) is 0 Å². The fourth-order valence-electron chi connectivity index (χ4n) is 2.15. The summed E-state index contributed by atoms with van der Waals surface area (Å²) in [5.74, 6) is 0.462. The van der Waals surface area contributed by atoms with Gasteiger partial charge in [-0.3, -0.25) is 14.5 Å². The highest BCUT2D eigenvalue weighted by Gasteiger charge is 2.16. The smallest absolute Gasteiger partial charge is 0.269 e. The Balaban J connectivity index is 1.77. The molecule has 0 atom stereocenters. The van der Waals surface area contributed by atoms with Crippen molar-refractivity contribution in [2.24, 2.45) is 0 Å². The van der Waals surface area contributed by atoms with E-state index in [-0.39, 0.29) is 5.91 Å². The van der Waals surface area contributed by atoms with E-state index < -0.39 is 0 Å². The molecule has 0 radical (unpaired) electrons. The molecule has 0 aliphatic heterocycles. The molecule has 6 heteroatoms. The van der Waals surface area contributed by atoms with Crippen molar-refractivity contribution in [3.8, 4) is 11.5 Å². The monoisotopic (exact) mass is 296 g/mol. The lowest BCUT2D eigenvalue weighted by Crippen LogP contribution is -2.26. The molecule has 6 nitrogen and oxygen atoms in total. The second-order valence-corrected chi connectivity index (χ2v) is 4.71. The van der Waals surface area contributed by atoms with Gasteiger partial charge in [-0.25, -0.2) is 0 Å². The van der Waals surface area contributed by atoms with Crippen molar-refractivity contribution in [2.45, 2.75) is 20.0 Å². The van der Waals surface area contributed by atoms with Gasteiger partial charge < -0.3 is 9.73 Å². The first-order valence-electron chi connectivity index (χ1n) is 7.07. The fourth-order valence-corrected chi connectivity index (χ4v) is 2.15. The van der Waals surface area contributed by atoms with Crippen molar-refractivity contribution in [2.75, 3.05) is 0 Å². The van der Waals surface area contributed by atoms with E-state index in [4.69, 9.17) is 4.42 Å². The Morgan fingerprint density at radius 2 is 2.23 bits per heavy atom. The Bertz CT molecular complexity index is 748. The molecular formula is C16H16N4O2. The van der Waals surface area contributed by atoms with Crippen LogP contribution in [0.1, 0.15) is 23.1 Å². The third-order valence-electron chi connectivity index (χ3n) is 3.24. The lowest BCUT2D eigenvalue weighted by Gasteiger charge is -2.05. The molecule has 0 saturated carbocycles. The van der Waals surface area contributed by atoms with E-state index in [2.05, 4.69) is 15.4 Å². The van der Waals surface area contributed by atoms with Gasteiger partial charge in [0.15, 0.2) is 5.76 Å². The van der Waals surface area contributed by atoms with Crippen LogP contribution in [0.3, 0.4) is 0 Å². The molecule has 0 aromatic carbocycles. The number of carbonyl (C=O) groups is 1. The van der Waals surface area contributed by atoms with Gasteiger partial charge in [-0.2, -0.15) is 5.10 Å². The minimum atomic E-state index is -0.183. The average molecular weight is 296 g/mol. The van der Waals surface area contributed by atoms with Gasteiger partial charge in [0.2, 0.25) is 0 Å². The van der Waals surface area contributed by atoms with Gasteiger partial charge in [-0.1, -0.05) is 6.07 Å². The number of carbonyl (C=O) groups excluding carboxylic acids is 1. The Kier molecular flexibility index (Phi) is 4.00. The Labute approximate surface area is 127 Å². The number of hydrogen-bond donors (Lipinski definition) is 1. The van der Waals surface area contributed by atoms with Crippen molar-refractivity contribution < 1.29 is 9.21 Å². The summed E-state index contributed by atoms with van der Waals surface area (Å²) in [6.45, 7) is 2.92. The van der Waals surface area contributed by atoms with E-state index in [1.807, 2.05) is 31.2 Å². The highest BCUT2D eigenvalue weighted by molar-refractivity contribution is 5.93. The molecule has 0 spiro atoms. The Morgan fingerprint density at radius 3 is 2.91 bits per heavy atom. The van der Waals surface area contributed by atoms with Crippen LogP contribution in [0, 0.1) is 0 Å². The molecule has 1 amide bonds. The zero-order valence-electron chi connectivity index (χ0n) is 12.2. The molecule has 3 rings (SSSR count). The molecule has 0 fully saturated rings. The normalized spacial score (nSPS) is 10.6. The van der Waals surface area contributed by atoms with Crippen LogP contribution in [-0.2, 0) is 13.1 Å². The summed E-state index contributed by atoms with van der Waals surface area (Å²) in [5, 5.41) is 7.25. The summed E-state index contributed by atoms with van der Waals surface area (Å²) in [5.41, 5.74) is 1.96. The first-order chi connectivity index (χ1) is 10.8. The van der Waals surface area contributed by atoms with Crippen LogP contribution in [-0.4, -0.2) is 20.7 Å². The molecule has 0 unspecified atom stereocenters. The Hall–Kier alpha value is -2.89. The zero-order valence-corrected chi connectivity index (χ0v) is 12.2. The quantitative estimate of drug-likeness (QED) is 0.785. The first kappa shape index (κ1) is 14.1. The minimum Gasteiger partial charge on any atom is -0.463 e. The van der Waals surface area contributed by atoms with Gasteiger partial charge in [-0.05, 0) is 31.2 Å². The maximum atomic E-state index is 12.4. The number of pyridine rings is 1. The molecule has 0 bridgehead atoms. The second-order valence-electron chi connectivity index (χ2n) is 4.71. The number of nitrogens with one attached hydrogen (secondary N) is 1. The van der Waals surface area contributed by atoms with E-state index >= 15 is 0 Å². The lowest BCUT2D eigenvalue weighted by atomic mass is 10.3. The second kappa shape index (κ2) is 6.26. The van der Waals surface area contributed by atoms with Gasteiger partial charge in [-0.15, -0.1) is 0 Å². The largest absolute Gasteiger partial charge is 0.463 e. The summed E-state index contributed by atoms with van der Waals surface area (Å²) in [4.78, 5) is 16.5. The SMILES string of the molecule is CCn1nc(-c2ccco2)cc1C(=O)NCc1ccccn1. The van der Waals surface area contributed by atoms with Crippen molar-refractivity contribution in [1.82, 2.24) is 20.1 Å². The van der Waals surface area contributed by atoms with Crippen LogP contribution in [0.5, 0.6) is 0 Å². The van der Waals surface area contributed by atoms with Gasteiger partial charge >= 0.3 is 0 Å². The van der Waals surface area contributed by atoms with E-state index in [0.29, 0.717) is 30.2 Å². The number of furan rings is 1. The van der Waals surface area contributed by atoms with Gasteiger partial charge in [0, 0.05) is 18.8 Å². The first-order valence-corrected chi connectivity index (χ1v) is 7.07. The summed E-state index contributed by atoms with van der Waals surface area (Å²) < 4.78 is 6.98. The van der Waals surface area contributed by atoms with Crippen molar-refractivity contribution >= 4 is 5.91 Å². The number of amides is 1. The highest BCUT2D eigenvalue weighted by atomic mass is 16.3. The van der Waals surface area contributed by atoms with E-state index in [0.717, 1.165) is 5.69 Å². The fraction of sp³-hybridized carbons (Fsp3) is 0.188. The van der Waals surface area contributed by atoms with E-state index in [1.54, 1.807) is 29.3 Å². The summed E-state index contributed by atoms with van der Waals surface area (Å²) in [7, 11) is 0. The molecule has 0 aliphatic rings. The van der Waals surface area contributed by atoms with Crippen LogP contribution in [0.4, 0.5) is 0 Å². The average Bonchev–Trinajstić information content (AvgIpc) is 3.22. The molecule has 112 valence electrons. The molecule has 3 aromatic rings. The number of aryl methyl sites for hydroxylation is 1. The molecule has 22 heavy (non-hydrogen) atoms. The summed E-state index contributed by atoms with van der Waals surface area (Å²) in [6.07, 6.45) is 3.29. The van der Waals surface area contributed by atoms with Gasteiger partial charge in [0.05, 0.1) is 18.5 Å². The topological polar surface area (TPSA) is 73.0 Å². The molecule has 3 heterocycles. The van der Waals surface area contributed by atoms with E-state index in [9.17, 15) is 4.79 Å². The predicted octanol–water partition coefficient (Wildman–Crippen LogP) is 2.49. The van der Waals surface area contributed by atoms with Crippen molar-refractivity contribution in [3.05, 3.63) is 60.2 Å². The molecule has 1 N–H and O–H groups in total. The molecule has 3 aromatic heterocycles. The maximum absolute atomic E-state index is 12.4. The van der Waals surface area contributed by atoms with Crippen LogP contribution in [0.2, 0.25) is 0 Å². The number of rotatable bonds is 5. The van der Waals surface area contributed by atoms with Gasteiger partial charge in [0.25, 0.3) is 5.91 Å². The minimum absolute atomic E-state index is 0.183. The third kappa shape index (κ3) is 2.90. The maximum Gasteiger partial charge on any atom is 0.269 e. The highest BCUT2D eigenvalue weighted by Crippen LogP contribution is 2.19. The number of hydrogen-bond acceptors (Lipinski definition) is 4. The van der Waals surface area contributed by atoms with Gasteiger partial charge in [0.1, 0.15) is 11.4 Å². The van der Waals surface area contributed by atoms with Crippen LogP contribution >= 0.6 is 0 Å². The van der Waals surface area contributed by atoms with Crippen LogP contribution in [0.25, 0.3) is 11.5 Å². The summed E-state index contributed by atoms with van der Waals surface area (Å²) >= 11 is 0. The number of aromatic nitrogens is 3. The number of nitrogens with zero attached hydrogens (tertiary/aromatic N) is 3. The van der Waals surface area contributed by atoms with E-state index in [1.165, 1.54) is 0 Å². The lowest BCUT2D eigenvalue weighted by molar-refractivity contribution is 0.0939. The van der Waals surface area contributed by atoms with Crippen LogP contribution in [0.15, 0.2) is 53.3 Å². The molecule has 0 saturated heterocycles.